The summed E-state index contributed by atoms with van der Waals surface area (Å²) in [5, 5.41) is 4.84. The van der Waals surface area contributed by atoms with E-state index in [1.807, 2.05) is 41.9 Å². The first-order chi connectivity index (χ1) is 13.7. The third-order valence-corrected chi connectivity index (χ3v) is 4.93. The Morgan fingerprint density at radius 1 is 1.18 bits per heavy atom. The van der Waals surface area contributed by atoms with Gasteiger partial charge in [0.25, 0.3) is 0 Å². The molecule has 0 saturated carbocycles. The van der Waals surface area contributed by atoms with Crippen LogP contribution in [-0.2, 0) is 11.2 Å². The zero-order chi connectivity index (χ0) is 19.5. The summed E-state index contributed by atoms with van der Waals surface area (Å²) in [5.41, 5.74) is 2.84. The molecule has 1 aliphatic heterocycles. The van der Waals surface area contributed by atoms with Gasteiger partial charge in [0.1, 0.15) is 11.5 Å². The molecule has 0 aliphatic carbocycles. The maximum atomic E-state index is 5.59. The lowest BCUT2D eigenvalue weighted by Crippen LogP contribution is -2.12. The Balaban J connectivity index is 1.78. The quantitative estimate of drug-likeness (QED) is 0.654. The van der Waals surface area contributed by atoms with Gasteiger partial charge in [0.15, 0.2) is 11.6 Å². The van der Waals surface area contributed by atoms with E-state index in [0.29, 0.717) is 18.8 Å². The number of rotatable bonds is 6. The van der Waals surface area contributed by atoms with Crippen LogP contribution in [0.3, 0.4) is 0 Å². The Kier molecular flexibility index (Phi) is 5.25. The number of benzene rings is 1. The van der Waals surface area contributed by atoms with Crippen molar-refractivity contribution >= 4 is 0 Å². The number of hydrogen-bond donors (Lipinski definition) is 0. The Hall–Kier alpha value is -2.93. The Morgan fingerprint density at radius 2 is 2.00 bits per heavy atom. The van der Waals surface area contributed by atoms with Crippen LogP contribution in [0.4, 0.5) is 0 Å². The summed E-state index contributed by atoms with van der Waals surface area (Å²) >= 11 is 0. The number of nitrogens with zero attached hydrogens (tertiary/aromatic N) is 4. The molecule has 1 saturated heterocycles. The van der Waals surface area contributed by atoms with Gasteiger partial charge in [-0.1, -0.05) is 18.2 Å². The monoisotopic (exact) mass is 380 g/mol. The van der Waals surface area contributed by atoms with Crippen molar-refractivity contribution in [3.63, 3.8) is 0 Å². The topological polar surface area (TPSA) is 71.3 Å². The van der Waals surface area contributed by atoms with Crippen molar-refractivity contribution in [3.8, 4) is 22.9 Å². The predicted octanol–water partition coefficient (Wildman–Crippen LogP) is 3.22. The molecule has 146 valence electrons. The largest absolute Gasteiger partial charge is 0.496 e. The van der Waals surface area contributed by atoms with E-state index < -0.39 is 0 Å². The molecule has 1 fully saturated rings. The van der Waals surface area contributed by atoms with Gasteiger partial charge in [-0.05, 0) is 25.5 Å². The van der Waals surface area contributed by atoms with Gasteiger partial charge in [-0.25, -0.2) is 9.67 Å². The van der Waals surface area contributed by atoms with E-state index in [1.54, 1.807) is 20.4 Å². The highest BCUT2D eigenvalue weighted by atomic mass is 16.5. The summed E-state index contributed by atoms with van der Waals surface area (Å²) in [6, 6.07) is 10.1. The van der Waals surface area contributed by atoms with E-state index in [0.717, 1.165) is 47.2 Å². The van der Waals surface area contributed by atoms with Gasteiger partial charge < -0.3 is 14.2 Å². The second kappa shape index (κ2) is 7.98. The summed E-state index contributed by atoms with van der Waals surface area (Å²) in [5.74, 6) is 3.04. The van der Waals surface area contributed by atoms with Gasteiger partial charge in [-0.15, -0.1) is 0 Å². The minimum Gasteiger partial charge on any atom is -0.496 e. The van der Waals surface area contributed by atoms with Crippen LogP contribution in [-0.4, -0.2) is 47.2 Å². The third-order valence-electron chi connectivity index (χ3n) is 4.93. The molecule has 1 atom stereocenters. The van der Waals surface area contributed by atoms with E-state index in [9.17, 15) is 0 Å². The van der Waals surface area contributed by atoms with Crippen molar-refractivity contribution in [2.45, 2.75) is 25.8 Å². The molecule has 2 aromatic heterocycles. The molecular formula is C21H24N4O3. The molecule has 0 bridgehead atoms. The second-order valence-electron chi connectivity index (χ2n) is 6.83. The van der Waals surface area contributed by atoms with Crippen LogP contribution < -0.4 is 9.47 Å². The maximum Gasteiger partial charge on any atom is 0.162 e. The first-order valence-corrected chi connectivity index (χ1v) is 9.35. The van der Waals surface area contributed by atoms with Gasteiger partial charge in [-0.2, -0.15) is 5.10 Å². The fourth-order valence-corrected chi connectivity index (χ4v) is 3.50. The lowest BCUT2D eigenvalue weighted by Gasteiger charge is -2.13. The highest BCUT2D eigenvalue weighted by Crippen LogP contribution is 2.32. The van der Waals surface area contributed by atoms with Crippen LogP contribution in [0.2, 0.25) is 0 Å². The number of hydrogen-bond acceptors (Lipinski definition) is 6. The van der Waals surface area contributed by atoms with Crippen LogP contribution >= 0.6 is 0 Å². The summed E-state index contributed by atoms with van der Waals surface area (Å²) in [7, 11) is 3.32. The summed E-state index contributed by atoms with van der Waals surface area (Å²) < 4.78 is 18.6. The Morgan fingerprint density at radius 3 is 2.75 bits per heavy atom. The molecule has 0 amide bonds. The van der Waals surface area contributed by atoms with Gasteiger partial charge in [0, 0.05) is 24.3 Å². The van der Waals surface area contributed by atoms with Gasteiger partial charge in [-0.3, -0.25) is 4.98 Å². The number of para-hydroxylation sites is 1. The standard InChI is InChI=1S/C21H24N4O3/c1-14-10-17(19(27-3)12-22-14)21-23-20(24-25(21)16-8-9-28-13-16)11-15-6-4-5-7-18(15)26-2/h4-7,10,12,16H,8-9,11,13H2,1-3H3. The van der Waals surface area contributed by atoms with Crippen LogP contribution in [0.5, 0.6) is 11.5 Å². The molecule has 0 spiro atoms. The SMILES string of the molecule is COc1ccccc1Cc1nc(-c2cc(C)ncc2OC)n(C2CCOC2)n1. The molecule has 0 radical (unpaired) electrons. The molecule has 1 unspecified atom stereocenters. The Bertz CT molecular complexity index is 964. The zero-order valence-electron chi connectivity index (χ0n) is 16.4. The van der Waals surface area contributed by atoms with Crippen molar-refractivity contribution < 1.29 is 14.2 Å². The van der Waals surface area contributed by atoms with E-state index >= 15 is 0 Å². The molecule has 3 heterocycles. The fraction of sp³-hybridized carbons (Fsp3) is 0.381. The van der Waals surface area contributed by atoms with Crippen LogP contribution in [0.15, 0.2) is 36.5 Å². The summed E-state index contributed by atoms with van der Waals surface area (Å²) in [6.07, 6.45) is 3.23. The number of ether oxygens (including phenoxy) is 3. The average Bonchev–Trinajstić information content (AvgIpc) is 3.38. The fourth-order valence-electron chi connectivity index (χ4n) is 3.50. The van der Waals surface area contributed by atoms with Crippen LogP contribution in [0, 0.1) is 6.92 Å². The average molecular weight is 380 g/mol. The predicted molar refractivity (Wildman–Crippen MR) is 105 cm³/mol. The summed E-state index contributed by atoms with van der Waals surface area (Å²) in [6.45, 7) is 3.33. The number of pyridine rings is 1. The number of methoxy groups -OCH3 is 2. The van der Waals surface area contributed by atoms with Gasteiger partial charge in [0.2, 0.25) is 0 Å². The molecule has 28 heavy (non-hydrogen) atoms. The first kappa shape index (κ1) is 18.4. The van der Waals surface area contributed by atoms with E-state index in [1.165, 1.54) is 0 Å². The first-order valence-electron chi connectivity index (χ1n) is 9.35. The van der Waals surface area contributed by atoms with E-state index in [2.05, 4.69) is 4.98 Å². The molecule has 1 aromatic carbocycles. The van der Waals surface area contributed by atoms with Crippen molar-refractivity contribution in [1.82, 2.24) is 19.7 Å². The van der Waals surface area contributed by atoms with Crippen molar-refractivity contribution in [2.24, 2.45) is 0 Å². The van der Waals surface area contributed by atoms with E-state index in [-0.39, 0.29) is 6.04 Å². The zero-order valence-corrected chi connectivity index (χ0v) is 16.4. The number of aryl methyl sites for hydroxylation is 1. The van der Waals surface area contributed by atoms with Crippen molar-refractivity contribution in [1.29, 1.82) is 0 Å². The maximum absolute atomic E-state index is 5.59. The smallest absolute Gasteiger partial charge is 0.162 e. The highest BCUT2D eigenvalue weighted by molar-refractivity contribution is 5.64. The van der Waals surface area contributed by atoms with E-state index in [4.69, 9.17) is 24.3 Å². The molecule has 1 aliphatic rings. The molecule has 3 aromatic rings. The Labute approximate surface area is 164 Å². The second-order valence-corrected chi connectivity index (χ2v) is 6.83. The normalized spacial score (nSPS) is 16.3. The third kappa shape index (κ3) is 3.57. The van der Waals surface area contributed by atoms with Crippen molar-refractivity contribution in [3.05, 3.63) is 53.6 Å². The lowest BCUT2D eigenvalue weighted by atomic mass is 10.1. The van der Waals surface area contributed by atoms with Crippen molar-refractivity contribution in [2.75, 3.05) is 27.4 Å². The number of aromatic nitrogens is 4. The lowest BCUT2D eigenvalue weighted by molar-refractivity contribution is 0.184. The highest BCUT2D eigenvalue weighted by Gasteiger charge is 2.25. The molecule has 7 heteroatoms. The molecule has 4 rings (SSSR count). The van der Waals surface area contributed by atoms with Gasteiger partial charge in [0.05, 0.1) is 38.6 Å². The van der Waals surface area contributed by atoms with Crippen LogP contribution in [0.1, 0.15) is 29.5 Å². The molecular weight excluding hydrogens is 356 g/mol. The van der Waals surface area contributed by atoms with Gasteiger partial charge >= 0.3 is 0 Å². The molecule has 0 N–H and O–H groups in total. The minimum atomic E-state index is 0.159. The van der Waals surface area contributed by atoms with Crippen LogP contribution in [0.25, 0.3) is 11.4 Å². The molecule has 7 nitrogen and oxygen atoms in total. The summed E-state index contributed by atoms with van der Waals surface area (Å²) in [4.78, 5) is 9.22. The minimum absolute atomic E-state index is 0.159.